The predicted molar refractivity (Wildman–Crippen MR) is 49.5 cm³/mol. The molecule has 0 aromatic heterocycles. The second-order valence-electron chi connectivity index (χ2n) is 4.15. The molecule has 2 unspecified atom stereocenters. The maximum Gasteiger partial charge on any atom is 0.125 e. The predicted octanol–water partition coefficient (Wildman–Crippen LogP) is 1.46. The van der Waals surface area contributed by atoms with Gasteiger partial charge in [-0.3, -0.25) is 4.90 Å². The van der Waals surface area contributed by atoms with E-state index < -0.39 is 6.17 Å². The van der Waals surface area contributed by atoms with Crippen molar-refractivity contribution >= 4 is 0 Å². The van der Waals surface area contributed by atoms with E-state index in [0.717, 1.165) is 26.1 Å². The van der Waals surface area contributed by atoms with Gasteiger partial charge in [0.15, 0.2) is 0 Å². The van der Waals surface area contributed by atoms with Gasteiger partial charge in [0, 0.05) is 25.7 Å². The average Bonchev–Trinajstić information content (AvgIpc) is 2.55. The van der Waals surface area contributed by atoms with E-state index in [1.165, 1.54) is 0 Å². The van der Waals surface area contributed by atoms with Crippen LogP contribution in [0.5, 0.6) is 0 Å². The summed E-state index contributed by atoms with van der Waals surface area (Å²) in [5.41, 5.74) is 0. The maximum absolute atomic E-state index is 12.7. The van der Waals surface area contributed by atoms with Crippen molar-refractivity contribution in [2.24, 2.45) is 5.92 Å². The SMILES string of the molecule is CCC(C1CCOC1)N1CC(F)C1. The van der Waals surface area contributed by atoms with Crippen molar-refractivity contribution in [2.45, 2.75) is 32.0 Å². The first kappa shape index (κ1) is 9.41. The van der Waals surface area contributed by atoms with Gasteiger partial charge in [-0.05, 0) is 18.8 Å². The monoisotopic (exact) mass is 187 g/mol. The molecule has 0 aromatic rings. The van der Waals surface area contributed by atoms with E-state index >= 15 is 0 Å². The molecule has 0 saturated carbocycles. The minimum Gasteiger partial charge on any atom is -0.381 e. The third-order valence-corrected chi connectivity index (χ3v) is 3.26. The number of hydrogen-bond donors (Lipinski definition) is 0. The molecule has 0 radical (unpaired) electrons. The molecule has 3 heteroatoms. The van der Waals surface area contributed by atoms with Gasteiger partial charge in [-0.1, -0.05) is 6.92 Å². The van der Waals surface area contributed by atoms with Crippen LogP contribution in [-0.2, 0) is 4.74 Å². The molecule has 2 nitrogen and oxygen atoms in total. The molecule has 0 bridgehead atoms. The van der Waals surface area contributed by atoms with Crippen LogP contribution < -0.4 is 0 Å². The lowest BCUT2D eigenvalue weighted by Crippen LogP contribution is -2.55. The summed E-state index contributed by atoms with van der Waals surface area (Å²) in [6.07, 6.45) is 1.71. The number of hydrogen-bond acceptors (Lipinski definition) is 2. The number of alkyl halides is 1. The Kier molecular flexibility index (Phi) is 2.84. The topological polar surface area (TPSA) is 12.5 Å². The molecular formula is C10H18FNO. The Labute approximate surface area is 79.1 Å². The van der Waals surface area contributed by atoms with Crippen molar-refractivity contribution in [3.8, 4) is 0 Å². The first-order valence-corrected chi connectivity index (χ1v) is 5.27. The zero-order valence-electron chi connectivity index (χ0n) is 8.21. The van der Waals surface area contributed by atoms with Gasteiger partial charge in [-0.2, -0.15) is 0 Å². The Morgan fingerprint density at radius 1 is 1.54 bits per heavy atom. The van der Waals surface area contributed by atoms with E-state index in [0.29, 0.717) is 25.0 Å². The fraction of sp³-hybridized carbons (Fsp3) is 1.00. The average molecular weight is 187 g/mol. The van der Waals surface area contributed by atoms with Gasteiger partial charge in [0.25, 0.3) is 0 Å². The van der Waals surface area contributed by atoms with Crippen LogP contribution in [0.25, 0.3) is 0 Å². The highest BCUT2D eigenvalue weighted by atomic mass is 19.1. The molecule has 2 saturated heterocycles. The van der Waals surface area contributed by atoms with Crippen molar-refractivity contribution in [1.29, 1.82) is 0 Å². The normalized spacial score (nSPS) is 33.2. The van der Waals surface area contributed by atoms with E-state index in [-0.39, 0.29) is 0 Å². The molecule has 0 N–H and O–H groups in total. The van der Waals surface area contributed by atoms with Crippen LogP contribution in [0.3, 0.4) is 0 Å². The van der Waals surface area contributed by atoms with Crippen molar-refractivity contribution in [3.05, 3.63) is 0 Å². The van der Waals surface area contributed by atoms with Gasteiger partial charge in [0.2, 0.25) is 0 Å². The Bertz CT molecular complexity index is 164. The zero-order chi connectivity index (χ0) is 9.26. The summed E-state index contributed by atoms with van der Waals surface area (Å²) in [5, 5.41) is 0. The van der Waals surface area contributed by atoms with E-state index in [2.05, 4.69) is 11.8 Å². The van der Waals surface area contributed by atoms with Crippen LogP contribution in [0.15, 0.2) is 0 Å². The smallest absolute Gasteiger partial charge is 0.125 e. The molecule has 2 fully saturated rings. The van der Waals surface area contributed by atoms with Gasteiger partial charge in [-0.15, -0.1) is 0 Å². The quantitative estimate of drug-likeness (QED) is 0.663. The van der Waals surface area contributed by atoms with Gasteiger partial charge in [-0.25, -0.2) is 4.39 Å². The van der Waals surface area contributed by atoms with Crippen LogP contribution >= 0.6 is 0 Å². The standard InChI is InChI=1S/C10H18FNO/c1-2-10(8-3-4-13-7-8)12-5-9(11)6-12/h8-10H,2-7H2,1H3. The highest BCUT2D eigenvalue weighted by Gasteiger charge is 2.36. The minimum atomic E-state index is -0.573. The molecule has 2 rings (SSSR count). The van der Waals surface area contributed by atoms with Crippen molar-refractivity contribution < 1.29 is 9.13 Å². The molecule has 0 aliphatic carbocycles. The Morgan fingerprint density at radius 3 is 2.77 bits per heavy atom. The highest BCUT2D eigenvalue weighted by Crippen LogP contribution is 2.27. The lowest BCUT2D eigenvalue weighted by atomic mass is 9.92. The van der Waals surface area contributed by atoms with Crippen LogP contribution in [0, 0.1) is 5.92 Å². The third-order valence-electron chi connectivity index (χ3n) is 3.26. The summed E-state index contributed by atoms with van der Waals surface area (Å²) in [6, 6.07) is 0.564. The maximum atomic E-state index is 12.7. The van der Waals surface area contributed by atoms with Crippen LogP contribution in [0.2, 0.25) is 0 Å². The second kappa shape index (κ2) is 3.93. The lowest BCUT2D eigenvalue weighted by Gasteiger charge is -2.42. The summed E-state index contributed by atoms with van der Waals surface area (Å²) in [5.74, 6) is 0.650. The minimum absolute atomic E-state index is 0.564. The molecule has 0 spiro atoms. The second-order valence-corrected chi connectivity index (χ2v) is 4.15. The van der Waals surface area contributed by atoms with E-state index in [9.17, 15) is 4.39 Å². The van der Waals surface area contributed by atoms with Gasteiger partial charge < -0.3 is 4.74 Å². The lowest BCUT2D eigenvalue weighted by molar-refractivity contribution is 0.00126. The van der Waals surface area contributed by atoms with E-state index in [4.69, 9.17) is 4.74 Å². The van der Waals surface area contributed by atoms with Crippen LogP contribution in [0.4, 0.5) is 4.39 Å². The molecule has 13 heavy (non-hydrogen) atoms. The largest absolute Gasteiger partial charge is 0.381 e. The summed E-state index contributed by atoms with van der Waals surface area (Å²) in [6.45, 7) is 5.26. The Hall–Kier alpha value is -0.150. The zero-order valence-corrected chi connectivity index (χ0v) is 8.21. The van der Waals surface area contributed by atoms with Crippen molar-refractivity contribution in [3.63, 3.8) is 0 Å². The van der Waals surface area contributed by atoms with Gasteiger partial charge in [0.1, 0.15) is 6.17 Å². The summed E-state index contributed by atoms with van der Waals surface area (Å²) >= 11 is 0. The molecular weight excluding hydrogens is 169 g/mol. The molecule has 2 atom stereocenters. The fourth-order valence-electron chi connectivity index (χ4n) is 2.47. The summed E-state index contributed by atoms with van der Waals surface area (Å²) in [4.78, 5) is 2.27. The first-order chi connectivity index (χ1) is 6.31. The summed E-state index contributed by atoms with van der Waals surface area (Å²) < 4.78 is 18.0. The number of rotatable bonds is 3. The number of ether oxygens (including phenoxy) is 1. The fourth-order valence-corrected chi connectivity index (χ4v) is 2.47. The first-order valence-electron chi connectivity index (χ1n) is 5.27. The molecule has 76 valence electrons. The van der Waals surface area contributed by atoms with Gasteiger partial charge >= 0.3 is 0 Å². The van der Waals surface area contributed by atoms with Gasteiger partial charge in [0.05, 0.1) is 6.61 Å². The van der Waals surface area contributed by atoms with Crippen molar-refractivity contribution in [1.82, 2.24) is 4.90 Å². The van der Waals surface area contributed by atoms with Crippen LogP contribution in [-0.4, -0.2) is 43.4 Å². The highest BCUT2D eigenvalue weighted by molar-refractivity contribution is 4.89. The number of nitrogens with zero attached hydrogens (tertiary/aromatic N) is 1. The Morgan fingerprint density at radius 2 is 2.31 bits per heavy atom. The molecule has 2 heterocycles. The Balaban J connectivity index is 1.85. The van der Waals surface area contributed by atoms with E-state index in [1.54, 1.807) is 0 Å². The van der Waals surface area contributed by atoms with Crippen LogP contribution in [0.1, 0.15) is 19.8 Å². The molecule has 0 amide bonds. The van der Waals surface area contributed by atoms with Crippen molar-refractivity contribution in [2.75, 3.05) is 26.3 Å². The summed E-state index contributed by atoms with van der Waals surface area (Å²) in [7, 11) is 0. The number of halogens is 1. The number of likely N-dealkylation sites (tertiary alicyclic amines) is 1. The molecule has 0 aromatic carbocycles. The molecule has 2 aliphatic heterocycles. The van der Waals surface area contributed by atoms with E-state index in [1.807, 2.05) is 0 Å². The third kappa shape index (κ3) is 1.86. The molecule has 2 aliphatic rings.